The minimum Gasteiger partial charge on any atom is -0.323 e. The van der Waals surface area contributed by atoms with Crippen LogP contribution < -0.4 is 5.32 Å². The number of anilines is 1. The second-order valence-electron chi connectivity index (χ2n) is 4.37. The molecule has 0 unspecified atom stereocenters. The van der Waals surface area contributed by atoms with Crippen LogP contribution in [0.25, 0.3) is 0 Å². The van der Waals surface area contributed by atoms with E-state index in [2.05, 4.69) is 59.3 Å². The Hall–Kier alpha value is -1.19. The fourth-order valence-corrected chi connectivity index (χ4v) is 3.96. The van der Waals surface area contributed by atoms with Crippen molar-refractivity contribution in [3.8, 4) is 0 Å². The minimum atomic E-state index is -0.136. The molecule has 116 valence electrons. The lowest BCUT2D eigenvalue weighted by Gasteiger charge is -2.10. The number of hydrogen-bond donors (Lipinski definition) is 1. The number of halogens is 2. The van der Waals surface area contributed by atoms with Crippen molar-refractivity contribution in [1.29, 1.82) is 0 Å². The van der Waals surface area contributed by atoms with Gasteiger partial charge in [0.15, 0.2) is 0 Å². The summed E-state index contributed by atoms with van der Waals surface area (Å²) in [5.41, 5.74) is 1.80. The molecule has 9 heteroatoms. The summed E-state index contributed by atoms with van der Waals surface area (Å²) >= 11 is 8.17. The van der Waals surface area contributed by atoms with Crippen molar-refractivity contribution in [3.05, 3.63) is 39.3 Å². The standard InChI is InChI=1S/C13H13Br2N5OS/c1-3-4-20-13(17-18-19-20)22-7-11(21)16-12-9(14)5-8(2)6-10(12)15/h3,5-6H,1,4,7H2,2H3,(H,16,21). The average molecular weight is 447 g/mol. The number of carbonyl (C=O) groups is 1. The number of nitrogens with zero attached hydrogens (tertiary/aromatic N) is 4. The Morgan fingerprint density at radius 1 is 1.45 bits per heavy atom. The van der Waals surface area contributed by atoms with Crippen LogP contribution in [0.5, 0.6) is 0 Å². The second-order valence-corrected chi connectivity index (χ2v) is 7.02. The molecule has 1 aromatic carbocycles. The zero-order valence-corrected chi connectivity index (χ0v) is 15.7. The first kappa shape index (κ1) is 17.2. The van der Waals surface area contributed by atoms with Crippen LogP contribution in [0.15, 0.2) is 38.9 Å². The van der Waals surface area contributed by atoms with Crippen LogP contribution in [0.3, 0.4) is 0 Å². The zero-order chi connectivity index (χ0) is 16.1. The van der Waals surface area contributed by atoms with Crippen molar-refractivity contribution in [2.75, 3.05) is 11.1 Å². The maximum absolute atomic E-state index is 12.1. The number of rotatable bonds is 6. The number of aryl methyl sites for hydroxylation is 1. The molecular formula is C13H13Br2N5OS. The van der Waals surface area contributed by atoms with Gasteiger partial charge in [-0.3, -0.25) is 4.79 Å². The van der Waals surface area contributed by atoms with E-state index in [0.717, 1.165) is 14.5 Å². The van der Waals surface area contributed by atoms with Gasteiger partial charge in [-0.05, 0) is 66.9 Å². The number of aromatic nitrogens is 4. The molecule has 0 saturated heterocycles. The molecule has 6 nitrogen and oxygen atoms in total. The second kappa shape index (κ2) is 7.89. The van der Waals surface area contributed by atoms with Gasteiger partial charge >= 0.3 is 0 Å². The van der Waals surface area contributed by atoms with Gasteiger partial charge in [0.2, 0.25) is 11.1 Å². The molecule has 0 aliphatic rings. The number of thioether (sulfide) groups is 1. The summed E-state index contributed by atoms with van der Waals surface area (Å²) in [5.74, 6) is 0.0768. The number of benzene rings is 1. The van der Waals surface area contributed by atoms with Gasteiger partial charge in [-0.15, -0.1) is 11.7 Å². The fourth-order valence-electron chi connectivity index (χ4n) is 1.66. The lowest BCUT2D eigenvalue weighted by Crippen LogP contribution is -2.15. The SMILES string of the molecule is C=CCn1nnnc1SCC(=O)Nc1c(Br)cc(C)cc1Br. The fraction of sp³-hybridized carbons (Fsp3) is 0.231. The number of nitrogens with one attached hydrogen (secondary N) is 1. The largest absolute Gasteiger partial charge is 0.323 e. The lowest BCUT2D eigenvalue weighted by atomic mass is 10.2. The van der Waals surface area contributed by atoms with Crippen LogP contribution in [0.1, 0.15) is 5.56 Å². The Kier molecular flexibility index (Phi) is 6.16. The molecule has 1 N–H and O–H groups in total. The summed E-state index contributed by atoms with van der Waals surface area (Å²) in [6.45, 7) is 6.13. The van der Waals surface area contributed by atoms with Gasteiger partial charge in [0, 0.05) is 8.95 Å². The summed E-state index contributed by atoms with van der Waals surface area (Å²) in [7, 11) is 0. The van der Waals surface area contributed by atoms with Crippen LogP contribution in [0.4, 0.5) is 5.69 Å². The third-order valence-electron chi connectivity index (χ3n) is 2.58. The topological polar surface area (TPSA) is 72.7 Å². The number of amides is 1. The van der Waals surface area contributed by atoms with E-state index in [1.54, 1.807) is 10.8 Å². The van der Waals surface area contributed by atoms with E-state index < -0.39 is 0 Å². The van der Waals surface area contributed by atoms with Crippen LogP contribution in [0, 0.1) is 6.92 Å². The highest BCUT2D eigenvalue weighted by molar-refractivity contribution is 9.11. The molecule has 22 heavy (non-hydrogen) atoms. The highest BCUT2D eigenvalue weighted by Crippen LogP contribution is 2.32. The molecule has 0 aliphatic heterocycles. The van der Waals surface area contributed by atoms with Gasteiger partial charge in [0.1, 0.15) is 0 Å². The van der Waals surface area contributed by atoms with E-state index in [4.69, 9.17) is 0 Å². The number of allylic oxidation sites excluding steroid dienone is 1. The molecule has 0 radical (unpaired) electrons. The maximum Gasteiger partial charge on any atom is 0.234 e. The summed E-state index contributed by atoms with van der Waals surface area (Å²) in [5, 5.41) is 14.7. The summed E-state index contributed by atoms with van der Waals surface area (Å²) in [6.07, 6.45) is 1.70. The molecule has 2 rings (SSSR count). The molecule has 1 aromatic heterocycles. The van der Waals surface area contributed by atoms with Crippen molar-refractivity contribution < 1.29 is 4.79 Å². The normalized spacial score (nSPS) is 10.5. The number of hydrogen-bond acceptors (Lipinski definition) is 5. The Labute approximate surface area is 149 Å². The summed E-state index contributed by atoms with van der Waals surface area (Å²) in [4.78, 5) is 12.1. The van der Waals surface area contributed by atoms with Gasteiger partial charge in [0.05, 0.1) is 18.0 Å². The third-order valence-corrected chi connectivity index (χ3v) is 4.79. The first-order chi connectivity index (χ1) is 10.5. The van der Waals surface area contributed by atoms with Crippen molar-refractivity contribution in [2.24, 2.45) is 0 Å². The molecule has 2 aromatic rings. The van der Waals surface area contributed by atoms with E-state index >= 15 is 0 Å². The lowest BCUT2D eigenvalue weighted by molar-refractivity contribution is -0.113. The van der Waals surface area contributed by atoms with Gasteiger partial charge in [-0.1, -0.05) is 17.8 Å². The first-order valence-electron chi connectivity index (χ1n) is 6.26. The van der Waals surface area contributed by atoms with Crippen molar-refractivity contribution in [3.63, 3.8) is 0 Å². The summed E-state index contributed by atoms with van der Waals surface area (Å²) in [6, 6.07) is 3.89. The quantitative estimate of drug-likeness (QED) is 0.543. The van der Waals surface area contributed by atoms with Crippen LogP contribution in [0.2, 0.25) is 0 Å². The van der Waals surface area contributed by atoms with E-state index in [1.807, 2.05) is 19.1 Å². The third kappa shape index (κ3) is 4.40. The molecular weight excluding hydrogens is 434 g/mol. The van der Waals surface area contributed by atoms with Crippen molar-refractivity contribution >= 4 is 55.2 Å². The zero-order valence-electron chi connectivity index (χ0n) is 11.7. The molecule has 0 atom stereocenters. The van der Waals surface area contributed by atoms with E-state index in [1.165, 1.54) is 11.8 Å². The van der Waals surface area contributed by atoms with Crippen LogP contribution >= 0.6 is 43.6 Å². The molecule has 0 saturated carbocycles. The van der Waals surface area contributed by atoms with E-state index in [0.29, 0.717) is 17.4 Å². The van der Waals surface area contributed by atoms with Gasteiger partial charge < -0.3 is 5.32 Å². The molecule has 1 amide bonds. The Bertz CT molecular complexity index is 680. The van der Waals surface area contributed by atoms with E-state index in [9.17, 15) is 4.79 Å². The highest BCUT2D eigenvalue weighted by atomic mass is 79.9. The van der Waals surface area contributed by atoms with Gasteiger partial charge in [-0.25, -0.2) is 4.68 Å². The molecule has 0 bridgehead atoms. The van der Waals surface area contributed by atoms with Crippen LogP contribution in [-0.2, 0) is 11.3 Å². The minimum absolute atomic E-state index is 0.136. The van der Waals surface area contributed by atoms with Crippen molar-refractivity contribution in [1.82, 2.24) is 20.2 Å². The monoisotopic (exact) mass is 445 g/mol. The van der Waals surface area contributed by atoms with Gasteiger partial charge in [-0.2, -0.15) is 0 Å². The maximum atomic E-state index is 12.1. The Morgan fingerprint density at radius 2 is 2.14 bits per heavy atom. The first-order valence-corrected chi connectivity index (χ1v) is 8.83. The Balaban J connectivity index is 1.99. The Morgan fingerprint density at radius 3 is 2.77 bits per heavy atom. The number of tetrazole rings is 1. The average Bonchev–Trinajstić information content (AvgIpc) is 2.88. The van der Waals surface area contributed by atoms with Gasteiger partial charge in [0.25, 0.3) is 0 Å². The molecule has 1 heterocycles. The molecule has 0 fully saturated rings. The smallest absolute Gasteiger partial charge is 0.234 e. The molecule has 0 aliphatic carbocycles. The highest BCUT2D eigenvalue weighted by Gasteiger charge is 2.13. The van der Waals surface area contributed by atoms with Crippen LogP contribution in [-0.4, -0.2) is 31.9 Å². The number of carbonyl (C=O) groups excluding carboxylic acids is 1. The van der Waals surface area contributed by atoms with E-state index in [-0.39, 0.29) is 11.7 Å². The van der Waals surface area contributed by atoms with Crippen molar-refractivity contribution in [2.45, 2.75) is 18.6 Å². The molecule has 0 spiro atoms. The predicted octanol–water partition coefficient (Wildman–Crippen LogP) is 3.42. The predicted molar refractivity (Wildman–Crippen MR) is 93.9 cm³/mol. The summed E-state index contributed by atoms with van der Waals surface area (Å²) < 4.78 is 3.24.